The van der Waals surface area contributed by atoms with E-state index in [0.29, 0.717) is 10.8 Å². The van der Waals surface area contributed by atoms with Crippen LogP contribution in [0.25, 0.3) is 0 Å². The van der Waals surface area contributed by atoms with Gasteiger partial charge in [-0.25, -0.2) is 8.42 Å². The number of ether oxygens (including phenoxy) is 1. The zero-order valence-corrected chi connectivity index (χ0v) is 14.2. The maximum atomic E-state index is 12.1. The molecule has 0 unspecified atom stereocenters. The molecular weight excluding hydrogens is 316 g/mol. The number of nitrogens with zero attached hydrogens (tertiary/aromatic N) is 2. The van der Waals surface area contributed by atoms with Crippen LogP contribution in [0.1, 0.15) is 6.92 Å². The quantitative estimate of drug-likeness (QED) is 0.820. The molecule has 1 rings (SSSR count). The van der Waals surface area contributed by atoms with E-state index in [9.17, 15) is 13.2 Å². The van der Waals surface area contributed by atoms with Crippen molar-refractivity contribution in [3.05, 3.63) is 23.2 Å². The van der Waals surface area contributed by atoms with E-state index in [2.05, 4.69) is 0 Å². The molecule has 0 radical (unpaired) electrons. The average Bonchev–Trinajstić information content (AvgIpc) is 2.36. The molecule has 0 saturated carbocycles. The van der Waals surface area contributed by atoms with Crippen LogP contribution in [0.15, 0.2) is 18.2 Å². The van der Waals surface area contributed by atoms with Gasteiger partial charge in [0.05, 0.1) is 19.1 Å². The molecule has 1 amide bonds. The molecular formula is C13H19ClN2O4S. The number of hydrogen-bond acceptors (Lipinski definition) is 4. The van der Waals surface area contributed by atoms with Crippen molar-refractivity contribution in [3.63, 3.8) is 0 Å². The highest BCUT2D eigenvalue weighted by atomic mass is 35.5. The number of likely N-dealkylation sites (N-methyl/N-ethyl adjacent to an activating group) is 1. The summed E-state index contributed by atoms with van der Waals surface area (Å²) < 4.78 is 30.5. The number of carbonyl (C=O) groups excluding carboxylic acids is 1. The molecule has 0 aliphatic carbocycles. The molecule has 0 aliphatic heterocycles. The van der Waals surface area contributed by atoms with Crippen LogP contribution in [0, 0.1) is 0 Å². The lowest BCUT2D eigenvalue weighted by molar-refractivity contribution is -0.129. The third-order valence-electron chi connectivity index (χ3n) is 2.89. The molecule has 0 aliphatic rings. The Hall–Kier alpha value is -1.47. The summed E-state index contributed by atoms with van der Waals surface area (Å²) in [5.74, 6) is -0.0225. The Labute approximate surface area is 130 Å². The topological polar surface area (TPSA) is 66.9 Å². The van der Waals surface area contributed by atoms with Crippen LogP contribution in [0.5, 0.6) is 5.75 Å². The van der Waals surface area contributed by atoms with Crippen LogP contribution in [-0.4, -0.2) is 52.7 Å². The van der Waals surface area contributed by atoms with Gasteiger partial charge >= 0.3 is 0 Å². The van der Waals surface area contributed by atoms with Crippen molar-refractivity contribution in [2.24, 2.45) is 0 Å². The molecule has 21 heavy (non-hydrogen) atoms. The van der Waals surface area contributed by atoms with Crippen LogP contribution in [-0.2, 0) is 14.8 Å². The number of halogens is 1. The van der Waals surface area contributed by atoms with Gasteiger partial charge in [-0.05, 0) is 25.1 Å². The first-order valence-electron chi connectivity index (χ1n) is 6.13. The summed E-state index contributed by atoms with van der Waals surface area (Å²) in [7, 11) is 0.852. The lowest BCUT2D eigenvalue weighted by Gasteiger charge is -2.30. The summed E-state index contributed by atoms with van der Waals surface area (Å²) >= 11 is 5.94. The highest BCUT2D eigenvalue weighted by Crippen LogP contribution is 2.34. The second-order valence-electron chi connectivity index (χ2n) is 4.78. The third-order valence-corrected chi connectivity index (χ3v) is 4.35. The zero-order valence-electron chi connectivity index (χ0n) is 12.6. The predicted molar refractivity (Wildman–Crippen MR) is 83.5 cm³/mol. The third kappa shape index (κ3) is 4.01. The summed E-state index contributed by atoms with van der Waals surface area (Å²) in [6, 6.07) is 3.69. The largest absolute Gasteiger partial charge is 0.495 e. The van der Waals surface area contributed by atoms with Gasteiger partial charge in [-0.15, -0.1) is 0 Å². The Balaban J connectivity index is 3.47. The van der Waals surface area contributed by atoms with Crippen molar-refractivity contribution in [1.82, 2.24) is 4.90 Å². The van der Waals surface area contributed by atoms with Gasteiger partial charge < -0.3 is 9.64 Å². The zero-order chi connectivity index (χ0) is 16.4. The molecule has 0 heterocycles. The average molecular weight is 335 g/mol. The van der Waals surface area contributed by atoms with Crippen molar-refractivity contribution >= 4 is 33.2 Å². The molecule has 6 nitrogen and oxygen atoms in total. The molecule has 1 aromatic rings. The van der Waals surface area contributed by atoms with Crippen LogP contribution in [0.4, 0.5) is 5.69 Å². The predicted octanol–water partition coefficient (Wildman–Crippen LogP) is 1.59. The summed E-state index contributed by atoms with van der Waals surface area (Å²) in [4.78, 5) is 13.5. The first-order valence-corrected chi connectivity index (χ1v) is 8.36. The minimum Gasteiger partial charge on any atom is -0.495 e. The molecule has 0 spiro atoms. The molecule has 0 saturated heterocycles. The fourth-order valence-corrected chi connectivity index (χ4v) is 3.31. The maximum absolute atomic E-state index is 12.1. The Morgan fingerprint density at radius 3 is 2.33 bits per heavy atom. The molecule has 0 fully saturated rings. The monoisotopic (exact) mass is 334 g/mol. The van der Waals surface area contributed by atoms with Crippen molar-refractivity contribution in [1.29, 1.82) is 0 Å². The lowest BCUT2D eigenvalue weighted by atomic mass is 10.2. The van der Waals surface area contributed by atoms with Gasteiger partial charge in [0.25, 0.3) is 0 Å². The minimum absolute atomic E-state index is 0.232. The molecule has 8 heteroatoms. The van der Waals surface area contributed by atoms with Gasteiger partial charge in [0, 0.05) is 19.1 Å². The standard InChI is InChI=1S/C13H19ClN2O4S/c1-9(13(17)15(2)3)16(21(5,18)19)11-8-10(14)6-7-12(11)20-4/h6-9H,1-5H3/t9-/m1/s1. The first-order chi connectivity index (χ1) is 9.59. The van der Waals surface area contributed by atoms with Crippen LogP contribution in [0.2, 0.25) is 5.02 Å². The van der Waals surface area contributed by atoms with Crippen molar-refractivity contribution in [2.45, 2.75) is 13.0 Å². The fraction of sp³-hybridized carbons (Fsp3) is 0.462. The molecule has 118 valence electrons. The lowest BCUT2D eigenvalue weighted by Crippen LogP contribution is -2.47. The number of anilines is 1. The van der Waals surface area contributed by atoms with E-state index in [-0.39, 0.29) is 11.6 Å². The van der Waals surface area contributed by atoms with E-state index < -0.39 is 16.1 Å². The molecule has 0 bridgehead atoms. The number of carbonyl (C=O) groups is 1. The SMILES string of the molecule is COc1ccc(Cl)cc1N([C@H](C)C(=O)N(C)C)S(C)(=O)=O. The van der Waals surface area contributed by atoms with Gasteiger partial charge in [-0.3, -0.25) is 9.10 Å². The smallest absolute Gasteiger partial charge is 0.245 e. The highest BCUT2D eigenvalue weighted by molar-refractivity contribution is 7.92. The Morgan fingerprint density at radius 2 is 1.90 bits per heavy atom. The van der Waals surface area contributed by atoms with Crippen LogP contribution >= 0.6 is 11.6 Å². The first kappa shape index (κ1) is 17.6. The van der Waals surface area contributed by atoms with E-state index in [0.717, 1.165) is 10.6 Å². The molecule has 1 atom stereocenters. The molecule has 0 aromatic heterocycles. The summed E-state index contributed by atoms with van der Waals surface area (Å²) in [5, 5.41) is 0.351. The second kappa shape index (κ2) is 6.53. The Kier molecular flexibility index (Phi) is 5.47. The summed E-state index contributed by atoms with van der Waals surface area (Å²) in [6.45, 7) is 1.52. The highest BCUT2D eigenvalue weighted by Gasteiger charge is 2.32. The molecule has 1 aromatic carbocycles. The van der Waals surface area contributed by atoms with Crippen LogP contribution in [0.3, 0.4) is 0 Å². The van der Waals surface area contributed by atoms with E-state index in [1.54, 1.807) is 26.2 Å². The van der Waals surface area contributed by atoms with Gasteiger partial charge in [-0.2, -0.15) is 0 Å². The summed E-state index contributed by atoms with van der Waals surface area (Å²) in [6.07, 6.45) is 1.03. The van der Waals surface area contributed by atoms with E-state index in [1.807, 2.05) is 0 Å². The number of hydrogen-bond donors (Lipinski definition) is 0. The number of benzene rings is 1. The number of sulfonamides is 1. The maximum Gasteiger partial charge on any atom is 0.245 e. The number of methoxy groups -OCH3 is 1. The number of amides is 1. The normalized spacial score (nSPS) is 12.7. The second-order valence-corrected chi connectivity index (χ2v) is 7.08. The number of rotatable bonds is 5. The van der Waals surface area contributed by atoms with Gasteiger partial charge in [0.1, 0.15) is 11.8 Å². The van der Waals surface area contributed by atoms with Gasteiger partial charge in [-0.1, -0.05) is 11.6 Å². The molecule has 0 N–H and O–H groups in total. The van der Waals surface area contributed by atoms with E-state index in [4.69, 9.17) is 16.3 Å². The Morgan fingerprint density at radius 1 is 1.33 bits per heavy atom. The van der Waals surface area contributed by atoms with Crippen molar-refractivity contribution in [2.75, 3.05) is 31.8 Å². The van der Waals surface area contributed by atoms with Gasteiger partial charge in [0.2, 0.25) is 15.9 Å². The van der Waals surface area contributed by atoms with Crippen molar-refractivity contribution in [3.8, 4) is 5.75 Å². The minimum atomic E-state index is -3.70. The summed E-state index contributed by atoms with van der Waals surface area (Å²) in [5.41, 5.74) is 0.232. The van der Waals surface area contributed by atoms with Gasteiger partial charge in [0.15, 0.2) is 0 Å². The van der Waals surface area contributed by atoms with E-state index >= 15 is 0 Å². The fourth-order valence-electron chi connectivity index (χ4n) is 1.98. The van der Waals surface area contributed by atoms with Crippen LogP contribution < -0.4 is 9.04 Å². The van der Waals surface area contributed by atoms with Crippen molar-refractivity contribution < 1.29 is 17.9 Å². The van der Waals surface area contributed by atoms with E-state index in [1.165, 1.54) is 25.0 Å². The Bertz CT molecular complexity index is 631.